The van der Waals surface area contributed by atoms with Gasteiger partial charge in [-0.25, -0.2) is 0 Å². The van der Waals surface area contributed by atoms with Crippen molar-refractivity contribution < 1.29 is 9.59 Å². The van der Waals surface area contributed by atoms with Gasteiger partial charge >= 0.3 is 0 Å². The van der Waals surface area contributed by atoms with Crippen molar-refractivity contribution in [2.75, 3.05) is 5.32 Å². The van der Waals surface area contributed by atoms with Crippen molar-refractivity contribution in [3.05, 3.63) is 29.3 Å². The maximum absolute atomic E-state index is 12.0. The minimum atomic E-state index is -0.0333. The van der Waals surface area contributed by atoms with Crippen LogP contribution >= 0.6 is 0 Å². The summed E-state index contributed by atoms with van der Waals surface area (Å²) in [4.78, 5) is 23.3. The number of fused-ring (bicyclic) bond motifs is 1. The predicted octanol–water partition coefficient (Wildman–Crippen LogP) is 1.71. The lowest BCUT2D eigenvalue weighted by Crippen LogP contribution is -2.43. The zero-order valence-corrected chi connectivity index (χ0v) is 10.3. The van der Waals surface area contributed by atoms with Gasteiger partial charge in [0.05, 0.1) is 6.42 Å². The summed E-state index contributed by atoms with van der Waals surface area (Å²) >= 11 is 0. The van der Waals surface area contributed by atoms with Crippen molar-refractivity contribution in [3.63, 3.8) is 0 Å². The van der Waals surface area contributed by atoms with E-state index in [4.69, 9.17) is 0 Å². The molecule has 0 bridgehead atoms. The van der Waals surface area contributed by atoms with Gasteiger partial charge in [0.2, 0.25) is 5.91 Å². The first-order valence-corrected chi connectivity index (χ1v) is 6.35. The Balaban J connectivity index is 1.71. The molecule has 2 N–H and O–H groups in total. The highest BCUT2D eigenvalue weighted by Gasteiger charge is 2.27. The fourth-order valence-corrected chi connectivity index (χ4v) is 2.66. The lowest BCUT2D eigenvalue weighted by atomic mass is 9.82. The van der Waals surface area contributed by atoms with E-state index in [1.807, 2.05) is 6.07 Å². The van der Waals surface area contributed by atoms with E-state index in [1.54, 1.807) is 12.1 Å². The SMILES string of the molecule is CC1CC(NC(=O)c2ccc3c(c2)CC(=O)N3)C1. The molecule has 1 aliphatic heterocycles. The van der Waals surface area contributed by atoms with Gasteiger partial charge in [-0.2, -0.15) is 0 Å². The molecular weight excluding hydrogens is 228 g/mol. The first-order chi connectivity index (χ1) is 8.61. The van der Waals surface area contributed by atoms with Crippen LogP contribution in [0.2, 0.25) is 0 Å². The number of nitrogens with one attached hydrogen (secondary N) is 2. The first-order valence-electron chi connectivity index (χ1n) is 6.35. The maximum atomic E-state index is 12.0. The molecule has 4 nitrogen and oxygen atoms in total. The minimum Gasteiger partial charge on any atom is -0.349 e. The van der Waals surface area contributed by atoms with Gasteiger partial charge in [-0.3, -0.25) is 9.59 Å². The van der Waals surface area contributed by atoms with Crippen LogP contribution in [0.15, 0.2) is 18.2 Å². The Morgan fingerprint density at radius 2 is 2.17 bits per heavy atom. The molecule has 0 atom stereocenters. The second kappa shape index (κ2) is 4.12. The minimum absolute atomic E-state index is 0.00428. The molecule has 1 aromatic carbocycles. The van der Waals surface area contributed by atoms with E-state index >= 15 is 0 Å². The third-order valence-corrected chi connectivity index (χ3v) is 3.70. The standard InChI is InChI=1S/C14H16N2O2/c1-8-4-11(5-8)15-14(18)9-2-3-12-10(6-9)7-13(17)16-12/h2-3,6,8,11H,4-5,7H2,1H3,(H,15,18)(H,16,17). The number of rotatable bonds is 2. The quantitative estimate of drug-likeness (QED) is 0.832. The Morgan fingerprint density at radius 3 is 2.89 bits per heavy atom. The Labute approximate surface area is 106 Å². The summed E-state index contributed by atoms with van der Waals surface area (Å²) in [5, 5.41) is 5.78. The van der Waals surface area contributed by atoms with E-state index in [0.717, 1.165) is 30.0 Å². The summed E-state index contributed by atoms with van der Waals surface area (Å²) in [7, 11) is 0. The Kier molecular flexibility index (Phi) is 2.58. The van der Waals surface area contributed by atoms with Crippen LogP contribution in [0.5, 0.6) is 0 Å². The van der Waals surface area contributed by atoms with Gasteiger partial charge in [0.25, 0.3) is 5.91 Å². The summed E-state index contributed by atoms with van der Waals surface area (Å²) < 4.78 is 0. The zero-order chi connectivity index (χ0) is 12.7. The van der Waals surface area contributed by atoms with E-state index in [2.05, 4.69) is 17.6 Å². The van der Waals surface area contributed by atoms with Crippen molar-refractivity contribution in [2.45, 2.75) is 32.2 Å². The van der Waals surface area contributed by atoms with Gasteiger partial charge in [0, 0.05) is 17.3 Å². The third kappa shape index (κ3) is 1.98. The number of anilines is 1. The number of carbonyl (C=O) groups is 2. The van der Waals surface area contributed by atoms with Crippen LogP contribution in [0.4, 0.5) is 5.69 Å². The topological polar surface area (TPSA) is 58.2 Å². The normalized spacial score (nSPS) is 25.1. The molecular formula is C14H16N2O2. The molecule has 0 radical (unpaired) electrons. The smallest absolute Gasteiger partial charge is 0.251 e. The molecule has 0 unspecified atom stereocenters. The average Bonchev–Trinajstić information content (AvgIpc) is 2.65. The first kappa shape index (κ1) is 11.3. The van der Waals surface area contributed by atoms with Gasteiger partial charge in [-0.05, 0) is 42.5 Å². The highest BCUT2D eigenvalue weighted by atomic mass is 16.2. The van der Waals surface area contributed by atoms with Gasteiger partial charge in [0.15, 0.2) is 0 Å². The molecule has 94 valence electrons. The van der Waals surface area contributed by atoms with Crippen LogP contribution < -0.4 is 10.6 Å². The molecule has 3 rings (SSSR count). The van der Waals surface area contributed by atoms with E-state index in [1.165, 1.54) is 0 Å². The van der Waals surface area contributed by atoms with Crippen molar-refractivity contribution in [2.24, 2.45) is 5.92 Å². The third-order valence-electron chi connectivity index (χ3n) is 3.70. The Morgan fingerprint density at radius 1 is 1.39 bits per heavy atom. The molecule has 2 aliphatic rings. The lowest BCUT2D eigenvalue weighted by Gasteiger charge is -2.33. The van der Waals surface area contributed by atoms with Crippen molar-refractivity contribution in [3.8, 4) is 0 Å². The van der Waals surface area contributed by atoms with Crippen LogP contribution in [0.3, 0.4) is 0 Å². The summed E-state index contributed by atoms with van der Waals surface area (Å²) in [6, 6.07) is 5.70. The van der Waals surface area contributed by atoms with Crippen LogP contribution in [-0.2, 0) is 11.2 Å². The molecule has 1 fully saturated rings. The van der Waals surface area contributed by atoms with E-state index in [9.17, 15) is 9.59 Å². The van der Waals surface area contributed by atoms with Gasteiger partial charge in [-0.15, -0.1) is 0 Å². The predicted molar refractivity (Wildman–Crippen MR) is 68.4 cm³/mol. The van der Waals surface area contributed by atoms with E-state index in [-0.39, 0.29) is 11.8 Å². The number of hydrogen-bond acceptors (Lipinski definition) is 2. The molecule has 1 heterocycles. The lowest BCUT2D eigenvalue weighted by molar-refractivity contribution is -0.115. The number of hydrogen-bond donors (Lipinski definition) is 2. The van der Waals surface area contributed by atoms with Crippen LogP contribution in [0.1, 0.15) is 35.7 Å². The van der Waals surface area contributed by atoms with Crippen molar-refractivity contribution in [1.82, 2.24) is 5.32 Å². The average molecular weight is 244 g/mol. The molecule has 1 aliphatic carbocycles. The van der Waals surface area contributed by atoms with Crippen molar-refractivity contribution in [1.29, 1.82) is 0 Å². The van der Waals surface area contributed by atoms with Crippen LogP contribution in [0.25, 0.3) is 0 Å². The van der Waals surface area contributed by atoms with Gasteiger partial charge in [-0.1, -0.05) is 6.92 Å². The largest absolute Gasteiger partial charge is 0.349 e. The molecule has 4 heteroatoms. The van der Waals surface area contributed by atoms with Gasteiger partial charge in [0.1, 0.15) is 0 Å². The van der Waals surface area contributed by atoms with E-state index < -0.39 is 0 Å². The zero-order valence-electron chi connectivity index (χ0n) is 10.3. The highest BCUT2D eigenvalue weighted by Crippen LogP contribution is 2.27. The molecule has 0 saturated heterocycles. The molecule has 2 amide bonds. The molecule has 0 aromatic heterocycles. The molecule has 1 saturated carbocycles. The monoisotopic (exact) mass is 244 g/mol. The fourth-order valence-electron chi connectivity index (χ4n) is 2.66. The summed E-state index contributed by atoms with van der Waals surface area (Å²) in [5.41, 5.74) is 2.38. The highest BCUT2D eigenvalue weighted by molar-refractivity contribution is 6.01. The molecule has 0 spiro atoms. The number of benzene rings is 1. The summed E-state index contributed by atoms with van der Waals surface area (Å²) in [6.07, 6.45) is 2.50. The second-order valence-electron chi connectivity index (χ2n) is 5.34. The second-order valence-corrected chi connectivity index (χ2v) is 5.34. The molecule has 1 aromatic rings. The van der Waals surface area contributed by atoms with E-state index in [0.29, 0.717) is 18.0 Å². The van der Waals surface area contributed by atoms with Crippen LogP contribution in [0, 0.1) is 5.92 Å². The maximum Gasteiger partial charge on any atom is 0.251 e. The Bertz CT molecular complexity index is 519. The van der Waals surface area contributed by atoms with Crippen molar-refractivity contribution >= 4 is 17.5 Å². The fraction of sp³-hybridized carbons (Fsp3) is 0.429. The summed E-state index contributed by atoms with van der Waals surface area (Å²) in [6.45, 7) is 2.19. The molecule has 18 heavy (non-hydrogen) atoms. The van der Waals surface area contributed by atoms with Gasteiger partial charge < -0.3 is 10.6 Å². The number of carbonyl (C=O) groups excluding carboxylic acids is 2. The number of amides is 2. The Hall–Kier alpha value is -1.84. The summed E-state index contributed by atoms with van der Waals surface area (Å²) in [5.74, 6) is 0.682. The van der Waals surface area contributed by atoms with Crippen LogP contribution in [-0.4, -0.2) is 17.9 Å².